The van der Waals surface area contributed by atoms with Crippen molar-refractivity contribution in [3.63, 3.8) is 0 Å². The summed E-state index contributed by atoms with van der Waals surface area (Å²) in [5, 5.41) is 3.59. The van der Waals surface area contributed by atoms with Gasteiger partial charge in [-0.2, -0.15) is 0 Å². The summed E-state index contributed by atoms with van der Waals surface area (Å²) in [5.41, 5.74) is 4.06. The normalized spacial score (nSPS) is 16.6. The predicted molar refractivity (Wildman–Crippen MR) is 106 cm³/mol. The number of pyridine rings is 1. The maximum Gasteiger partial charge on any atom is 0.251 e. The van der Waals surface area contributed by atoms with Crippen molar-refractivity contribution < 1.29 is 9.53 Å². The van der Waals surface area contributed by atoms with Crippen molar-refractivity contribution in [2.45, 2.75) is 25.9 Å². The van der Waals surface area contributed by atoms with Crippen LogP contribution in [0, 0.1) is 6.92 Å². The van der Waals surface area contributed by atoms with E-state index in [1.165, 1.54) is 0 Å². The highest BCUT2D eigenvalue weighted by Crippen LogP contribution is 2.23. The molecule has 3 aromatic rings. The van der Waals surface area contributed by atoms with E-state index in [4.69, 9.17) is 4.74 Å². The molecule has 0 aliphatic carbocycles. The zero-order valence-corrected chi connectivity index (χ0v) is 15.2. The first kappa shape index (κ1) is 17.5. The van der Waals surface area contributed by atoms with Crippen molar-refractivity contribution in [1.29, 1.82) is 0 Å². The smallest absolute Gasteiger partial charge is 0.251 e. The fraction of sp³-hybridized carbons (Fsp3) is 0.273. The van der Waals surface area contributed by atoms with Crippen molar-refractivity contribution in [2.75, 3.05) is 13.2 Å². The summed E-state index contributed by atoms with van der Waals surface area (Å²) >= 11 is 0. The highest BCUT2D eigenvalue weighted by Gasteiger charge is 2.17. The molecule has 2 heterocycles. The molecule has 0 spiro atoms. The van der Waals surface area contributed by atoms with Gasteiger partial charge >= 0.3 is 0 Å². The lowest BCUT2D eigenvalue weighted by Gasteiger charge is -2.11. The quantitative estimate of drug-likeness (QED) is 0.747. The number of aromatic amines is 1. The molecule has 2 N–H and O–H groups in total. The third kappa shape index (κ3) is 3.78. The van der Waals surface area contributed by atoms with Crippen molar-refractivity contribution in [3.8, 4) is 11.1 Å². The second-order valence-corrected chi connectivity index (χ2v) is 7.00. The van der Waals surface area contributed by atoms with Gasteiger partial charge in [-0.25, -0.2) is 0 Å². The van der Waals surface area contributed by atoms with Gasteiger partial charge in [0.25, 0.3) is 5.91 Å². The number of benzene rings is 2. The molecule has 1 aliphatic rings. The summed E-state index contributed by atoms with van der Waals surface area (Å²) in [5.74, 6) is -0.110. The Kier molecular flexibility index (Phi) is 4.77. The van der Waals surface area contributed by atoms with Gasteiger partial charge in [0.05, 0.1) is 6.10 Å². The maximum atomic E-state index is 12.5. The molecule has 2 aromatic carbocycles. The van der Waals surface area contributed by atoms with Gasteiger partial charge in [0, 0.05) is 41.4 Å². The molecule has 27 heavy (non-hydrogen) atoms. The van der Waals surface area contributed by atoms with Gasteiger partial charge in [-0.1, -0.05) is 18.2 Å². The predicted octanol–water partition coefficient (Wildman–Crippen LogP) is 3.41. The van der Waals surface area contributed by atoms with Gasteiger partial charge in [-0.15, -0.1) is 0 Å². The first-order valence-electron chi connectivity index (χ1n) is 9.24. The minimum absolute atomic E-state index is 0.00596. The van der Waals surface area contributed by atoms with Crippen LogP contribution >= 0.6 is 0 Å². The Labute approximate surface area is 157 Å². The maximum absolute atomic E-state index is 12.5. The van der Waals surface area contributed by atoms with Gasteiger partial charge < -0.3 is 15.0 Å². The van der Waals surface area contributed by atoms with Crippen molar-refractivity contribution in [3.05, 3.63) is 70.0 Å². The van der Waals surface area contributed by atoms with Crippen LogP contribution in [0.25, 0.3) is 22.0 Å². The van der Waals surface area contributed by atoms with E-state index in [1.54, 1.807) is 12.1 Å². The average molecular weight is 362 g/mol. The summed E-state index contributed by atoms with van der Waals surface area (Å²) in [4.78, 5) is 27.9. The molecule has 1 saturated heterocycles. The molecule has 1 amide bonds. The molecule has 1 fully saturated rings. The van der Waals surface area contributed by atoms with Gasteiger partial charge in [0.1, 0.15) is 0 Å². The molecule has 0 bridgehead atoms. The molecule has 0 saturated carbocycles. The lowest BCUT2D eigenvalue weighted by Crippen LogP contribution is -2.31. The van der Waals surface area contributed by atoms with E-state index in [9.17, 15) is 9.59 Å². The van der Waals surface area contributed by atoms with E-state index in [2.05, 4.69) is 10.3 Å². The zero-order chi connectivity index (χ0) is 18.8. The number of amides is 1. The fourth-order valence-corrected chi connectivity index (χ4v) is 3.51. The van der Waals surface area contributed by atoms with Gasteiger partial charge in [0.15, 0.2) is 5.43 Å². The third-order valence-electron chi connectivity index (χ3n) is 4.94. The number of aryl methyl sites for hydroxylation is 1. The Morgan fingerprint density at radius 3 is 2.85 bits per heavy atom. The molecule has 5 heteroatoms. The number of ether oxygens (including phenoxy) is 1. The second-order valence-electron chi connectivity index (χ2n) is 7.00. The summed E-state index contributed by atoms with van der Waals surface area (Å²) in [6, 6.07) is 14.8. The number of aromatic nitrogens is 1. The van der Waals surface area contributed by atoms with E-state index >= 15 is 0 Å². The molecule has 1 atom stereocenters. The van der Waals surface area contributed by atoms with E-state index < -0.39 is 0 Å². The Bertz CT molecular complexity index is 1050. The molecule has 0 radical (unpaired) electrons. The number of hydrogen-bond donors (Lipinski definition) is 2. The topological polar surface area (TPSA) is 71.2 Å². The summed E-state index contributed by atoms with van der Waals surface area (Å²) < 4.78 is 5.55. The highest BCUT2D eigenvalue weighted by atomic mass is 16.5. The molecular formula is C22H22N2O3. The summed E-state index contributed by atoms with van der Waals surface area (Å²) in [7, 11) is 0. The van der Waals surface area contributed by atoms with Crippen LogP contribution in [0.1, 0.15) is 28.9 Å². The molecule has 0 unspecified atom stereocenters. The van der Waals surface area contributed by atoms with Gasteiger partial charge in [0.2, 0.25) is 0 Å². The fourth-order valence-electron chi connectivity index (χ4n) is 3.51. The van der Waals surface area contributed by atoms with E-state index in [-0.39, 0.29) is 17.4 Å². The number of fused-ring (bicyclic) bond motifs is 1. The average Bonchev–Trinajstić information content (AvgIpc) is 3.19. The number of carbonyl (C=O) groups excluding carboxylic acids is 1. The summed E-state index contributed by atoms with van der Waals surface area (Å²) in [6.45, 7) is 3.18. The van der Waals surface area contributed by atoms with Gasteiger partial charge in [-0.3, -0.25) is 9.59 Å². The van der Waals surface area contributed by atoms with Crippen molar-refractivity contribution in [1.82, 2.24) is 10.3 Å². The lowest BCUT2D eigenvalue weighted by atomic mass is 10.0. The largest absolute Gasteiger partial charge is 0.376 e. The Morgan fingerprint density at radius 1 is 1.19 bits per heavy atom. The first-order valence-corrected chi connectivity index (χ1v) is 9.24. The van der Waals surface area contributed by atoms with Crippen LogP contribution in [0.15, 0.2) is 53.3 Å². The van der Waals surface area contributed by atoms with Crippen LogP contribution in [-0.2, 0) is 4.74 Å². The monoisotopic (exact) mass is 362 g/mol. The molecule has 138 valence electrons. The summed E-state index contributed by atoms with van der Waals surface area (Å²) in [6.07, 6.45) is 2.16. The molecule has 1 aliphatic heterocycles. The highest BCUT2D eigenvalue weighted by molar-refractivity contribution is 5.96. The van der Waals surface area contributed by atoms with E-state index in [0.29, 0.717) is 17.5 Å². The molecule has 1 aromatic heterocycles. The van der Waals surface area contributed by atoms with E-state index in [0.717, 1.165) is 41.8 Å². The number of rotatable bonds is 4. The van der Waals surface area contributed by atoms with Crippen LogP contribution < -0.4 is 10.7 Å². The van der Waals surface area contributed by atoms with Crippen molar-refractivity contribution in [2.24, 2.45) is 0 Å². The first-order chi connectivity index (χ1) is 13.1. The Morgan fingerprint density at radius 2 is 2.04 bits per heavy atom. The Hall–Kier alpha value is -2.92. The molecular weight excluding hydrogens is 340 g/mol. The minimum atomic E-state index is -0.110. The lowest BCUT2D eigenvalue weighted by molar-refractivity contribution is 0.0858. The van der Waals surface area contributed by atoms with E-state index in [1.807, 2.05) is 43.3 Å². The van der Waals surface area contributed by atoms with Crippen LogP contribution in [-0.4, -0.2) is 30.1 Å². The van der Waals surface area contributed by atoms with Crippen LogP contribution in [0.3, 0.4) is 0 Å². The standard InChI is InChI=1S/C22H22N2O3/c1-14-10-21(25)19-12-16(7-8-20(19)24-14)15-4-2-5-17(11-15)22(26)23-13-18-6-3-9-27-18/h2,4-5,7-8,10-12,18H,3,6,9,13H2,1H3,(H,23,26)(H,24,25)/t18-/m0/s1. The number of carbonyl (C=O) groups is 1. The zero-order valence-electron chi connectivity index (χ0n) is 15.2. The van der Waals surface area contributed by atoms with Crippen molar-refractivity contribution >= 4 is 16.8 Å². The molecule has 5 nitrogen and oxygen atoms in total. The Balaban J connectivity index is 1.59. The van der Waals surface area contributed by atoms with Crippen LogP contribution in [0.5, 0.6) is 0 Å². The second kappa shape index (κ2) is 7.37. The van der Waals surface area contributed by atoms with Crippen LogP contribution in [0.2, 0.25) is 0 Å². The number of H-pyrrole nitrogens is 1. The number of nitrogens with one attached hydrogen (secondary N) is 2. The number of hydrogen-bond acceptors (Lipinski definition) is 3. The van der Waals surface area contributed by atoms with Gasteiger partial charge in [-0.05, 0) is 55.2 Å². The SMILES string of the molecule is Cc1cc(=O)c2cc(-c3cccc(C(=O)NC[C@@H]4CCCO4)c3)ccc2[nH]1. The minimum Gasteiger partial charge on any atom is -0.376 e. The van der Waals surface area contributed by atoms with Crippen LogP contribution in [0.4, 0.5) is 0 Å². The third-order valence-corrected chi connectivity index (χ3v) is 4.94. The molecule has 4 rings (SSSR count).